The van der Waals surface area contributed by atoms with Crippen LogP contribution >= 0.6 is 0 Å². The molecule has 1 aromatic carbocycles. The Morgan fingerprint density at radius 1 is 1.34 bits per heavy atom. The number of hydrogen-bond acceptors (Lipinski definition) is 3. The van der Waals surface area contributed by atoms with Crippen LogP contribution in [0.15, 0.2) is 47.7 Å². The van der Waals surface area contributed by atoms with Crippen molar-refractivity contribution < 1.29 is 4.79 Å². The average molecular weight is 397 g/mol. The maximum absolute atomic E-state index is 11.3. The third kappa shape index (κ3) is 6.34. The summed E-state index contributed by atoms with van der Waals surface area (Å²) in [5.41, 5.74) is 6.66. The number of carbonyl (C=O) groups is 1. The second kappa shape index (κ2) is 10.6. The molecule has 7 nitrogen and oxygen atoms in total. The first kappa shape index (κ1) is 20.9. The number of nitrogens with one attached hydrogen (secondary N) is 1. The van der Waals surface area contributed by atoms with Crippen LogP contribution in [0, 0.1) is 5.92 Å². The molecule has 1 fully saturated rings. The second-order valence-electron chi connectivity index (χ2n) is 7.57. The minimum Gasteiger partial charge on any atom is -0.370 e. The van der Waals surface area contributed by atoms with E-state index in [1.54, 1.807) is 0 Å². The maximum atomic E-state index is 11.3. The molecular formula is C22H32N6O. The van der Waals surface area contributed by atoms with Gasteiger partial charge in [-0.25, -0.2) is 4.98 Å². The van der Waals surface area contributed by atoms with E-state index in [4.69, 9.17) is 10.7 Å². The summed E-state index contributed by atoms with van der Waals surface area (Å²) in [5.74, 6) is 2.06. The van der Waals surface area contributed by atoms with Crippen molar-refractivity contribution in [1.29, 1.82) is 0 Å². The number of amides is 1. The average Bonchev–Trinajstić information content (AvgIpc) is 3.15. The third-order valence-corrected chi connectivity index (χ3v) is 5.24. The number of hydrogen-bond donors (Lipinski definition) is 2. The van der Waals surface area contributed by atoms with Crippen LogP contribution in [0.5, 0.6) is 0 Å². The van der Waals surface area contributed by atoms with Crippen LogP contribution in [0.3, 0.4) is 0 Å². The number of nitrogens with zero attached hydrogens (tertiary/aromatic N) is 4. The standard InChI is InChI=1S/C22H32N6O/c1-2-24-22(28-13-6-9-19(17-28)15-20(23)29)26-11-10-21-25-12-14-27(21)16-18-7-4-3-5-8-18/h3-5,7-8,12,14,19H,2,6,9-11,13,15-17H2,1H3,(H2,23,29)(H,24,26). The number of nitrogens with two attached hydrogens (primary N) is 1. The van der Waals surface area contributed by atoms with Crippen molar-refractivity contribution in [2.24, 2.45) is 16.6 Å². The molecule has 2 heterocycles. The van der Waals surface area contributed by atoms with Gasteiger partial charge < -0.3 is 20.5 Å². The minimum absolute atomic E-state index is 0.218. The van der Waals surface area contributed by atoms with Crippen LogP contribution in [-0.4, -0.2) is 52.5 Å². The normalized spacial score (nSPS) is 17.3. The zero-order chi connectivity index (χ0) is 20.5. The van der Waals surface area contributed by atoms with Gasteiger partial charge in [-0.1, -0.05) is 30.3 Å². The van der Waals surface area contributed by atoms with Crippen molar-refractivity contribution >= 4 is 11.9 Å². The monoisotopic (exact) mass is 396 g/mol. The lowest BCUT2D eigenvalue weighted by Gasteiger charge is -2.34. The number of aliphatic imine (C=N–C) groups is 1. The molecule has 3 N–H and O–H groups in total. The summed E-state index contributed by atoms with van der Waals surface area (Å²) < 4.78 is 2.18. The van der Waals surface area contributed by atoms with Gasteiger partial charge in [-0.05, 0) is 31.2 Å². The van der Waals surface area contributed by atoms with Gasteiger partial charge in [0.25, 0.3) is 0 Å². The van der Waals surface area contributed by atoms with Gasteiger partial charge >= 0.3 is 0 Å². The Morgan fingerprint density at radius 2 is 2.17 bits per heavy atom. The van der Waals surface area contributed by atoms with E-state index >= 15 is 0 Å². The molecule has 156 valence electrons. The van der Waals surface area contributed by atoms with Gasteiger partial charge in [0, 0.05) is 58.0 Å². The molecule has 0 bridgehead atoms. The molecule has 1 aromatic heterocycles. The quantitative estimate of drug-likeness (QED) is 0.528. The molecule has 2 aromatic rings. The fourth-order valence-electron chi connectivity index (χ4n) is 3.89. The number of rotatable bonds is 8. The first-order valence-electron chi connectivity index (χ1n) is 10.5. The van der Waals surface area contributed by atoms with Gasteiger partial charge in [-0.15, -0.1) is 0 Å². The number of benzene rings is 1. The van der Waals surface area contributed by atoms with Gasteiger partial charge in [0.1, 0.15) is 5.82 Å². The van der Waals surface area contributed by atoms with Crippen LogP contribution < -0.4 is 11.1 Å². The largest absolute Gasteiger partial charge is 0.370 e. The lowest BCUT2D eigenvalue weighted by molar-refractivity contribution is -0.119. The summed E-state index contributed by atoms with van der Waals surface area (Å²) >= 11 is 0. The zero-order valence-electron chi connectivity index (χ0n) is 17.3. The summed E-state index contributed by atoms with van der Waals surface area (Å²) in [4.78, 5) is 22.9. The van der Waals surface area contributed by atoms with E-state index < -0.39 is 0 Å². The van der Waals surface area contributed by atoms with Crippen molar-refractivity contribution in [2.75, 3.05) is 26.2 Å². The van der Waals surface area contributed by atoms with Crippen LogP contribution in [0.1, 0.15) is 37.6 Å². The Balaban J connectivity index is 1.60. The van der Waals surface area contributed by atoms with Gasteiger partial charge in [0.15, 0.2) is 5.96 Å². The summed E-state index contributed by atoms with van der Waals surface area (Å²) in [6.07, 6.45) is 7.22. The molecule has 1 atom stereocenters. The minimum atomic E-state index is -0.218. The fraction of sp³-hybridized carbons (Fsp3) is 0.500. The van der Waals surface area contributed by atoms with Crippen LogP contribution in [-0.2, 0) is 17.8 Å². The van der Waals surface area contributed by atoms with Crippen LogP contribution in [0.2, 0.25) is 0 Å². The van der Waals surface area contributed by atoms with Gasteiger partial charge in [-0.3, -0.25) is 9.79 Å². The van der Waals surface area contributed by atoms with Crippen molar-refractivity contribution in [3.05, 3.63) is 54.1 Å². The van der Waals surface area contributed by atoms with E-state index in [1.807, 2.05) is 18.5 Å². The first-order valence-corrected chi connectivity index (χ1v) is 10.5. The van der Waals surface area contributed by atoms with Gasteiger partial charge in [0.2, 0.25) is 5.91 Å². The highest BCUT2D eigenvalue weighted by molar-refractivity contribution is 5.80. The van der Waals surface area contributed by atoms with Crippen molar-refractivity contribution in [2.45, 2.75) is 39.2 Å². The molecule has 1 unspecified atom stereocenters. The Labute approximate surface area is 173 Å². The first-order chi connectivity index (χ1) is 14.2. The van der Waals surface area contributed by atoms with E-state index in [-0.39, 0.29) is 5.91 Å². The topological polar surface area (TPSA) is 88.5 Å². The SMILES string of the molecule is CCNC(=NCCc1nccn1Cc1ccccc1)N1CCCC(CC(N)=O)C1. The fourth-order valence-corrected chi connectivity index (χ4v) is 3.89. The Morgan fingerprint density at radius 3 is 2.93 bits per heavy atom. The molecule has 1 saturated heterocycles. The summed E-state index contributed by atoms with van der Waals surface area (Å²) in [6.45, 7) is 6.18. The van der Waals surface area contributed by atoms with Crippen LogP contribution in [0.4, 0.5) is 0 Å². The number of guanidine groups is 1. The highest BCUT2D eigenvalue weighted by Crippen LogP contribution is 2.19. The van der Waals surface area contributed by atoms with E-state index in [1.165, 1.54) is 5.56 Å². The smallest absolute Gasteiger partial charge is 0.217 e. The number of carbonyl (C=O) groups excluding carboxylic acids is 1. The number of primary amides is 1. The van der Waals surface area contributed by atoms with E-state index in [2.05, 4.69) is 51.0 Å². The highest BCUT2D eigenvalue weighted by atomic mass is 16.1. The summed E-state index contributed by atoms with van der Waals surface area (Å²) in [5, 5.41) is 3.39. The number of piperidine rings is 1. The zero-order valence-corrected chi connectivity index (χ0v) is 17.3. The van der Waals surface area contributed by atoms with Crippen molar-refractivity contribution in [3.8, 4) is 0 Å². The summed E-state index contributed by atoms with van der Waals surface area (Å²) in [6, 6.07) is 10.4. The molecule has 1 aliphatic rings. The molecule has 0 aliphatic carbocycles. The molecule has 0 radical (unpaired) electrons. The molecule has 29 heavy (non-hydrogen) atoms. The Bertz CT molecular complexity index is 801. The van der Waals surface area contributed by atoms with Gasteiger partial charge in [-0.2, -0.15) is 0 Å². The number of imidazole rings is 1. The third-order valence-electron chi connectivity index (χ3n) is 5.24. The number of aromatic nitrogens is 2. The van der Waals surface area contributed by atoms with Crippen LogP contribution in [0.25, 0.3) is 0 Å². The molecule has 0 saturated carbocycles. The second-order valence-corrected chi connectivity index (χ2v) is 7.57. The predicted molar refractivity (Wildman–Crippen MR) is 116 cm³/mol. The lowest BCUT2D eigenvalue weighted by Crippen LogP contribution is -2.47. The highest BCUT2D eigenvalue weighted by Gasteiger charge is 2.23. The molecule has 0 spiro atoms. The van der Waals surface area contributed by atoms with Crippen molar-refractivity contribution in [3.63, 3.8) is 0 Å². The Kier molecular flexibility index (Phi) is 7.67. The molecule has 3 rings (SSSR count). The summed E-state index contributed by atoms with van der Waals surface area (Å²) in [7, 11) is 0. The lowest BCUT2D eigenvalue weighted by atomic mass is 9.95. The molecule has 1 aliphatic heterocycles. The van der Waals surface area contributed by atoms with E-state index in [9.17, 15) is 4.79 Å². The van der Waals surface area contributed by atoms with E-state index in [0.29, 0.717) is 18.9 Å². The Hall–Kier alpha value is -2.83. The number of likely N-dealkylation sites (tertiary alicyclic amines) is 1. The molecular weight excluding hydrogens is 364 g/mol. The van der Waals surface area contributed by atoms with Crippen molar-refractivity contribution in [1.82, 2.24) is 19.8 Å². The molecule has 7 heteroatoms. The van der Waals surface area contributed by atoms with E-state index in [0.717, 1.165) is 57.2 Å². The maximum Gasteiger partial charge on any atom is 0.217 e. The molecule has 1 amide bonds. The predicted octanol–water partition coefficient (Wildman–Crippen LogP) is 2.03. The van der Waals surface area contributed by atoms with Gasteiger partial charge in [0.05, 0.1) is 0 Å².